The molecule has 0 atom stereocenters. The van der Waals surface area contributed by atoms with Gasteiger partial charge in [0.25, 0.3) is 0 Å². The van der Waals surface area contributed by atoms with Crippen LogP contribution in [0.25, 0.3) is 10.9 Å². The molecule has 0 amide bonds. The van der Waals surface area contributed by atoms with Crippen molar-refractivity contribution in [3.05, 3.63) is 71.0 Å². The maximum atomic E-state index is 12.4. The molecule has 4 rings (SSSR count). The van der Waals surface area contributed by atoms with Gasteiger partial charge in [0.05, 0.1) is 37.7 Å². The van der Waals surface area contributed by atoms with Gasteiger partial charge in [-0.1, -0.05) is 35.0 Å². The first-order chi connectivity index (χ1) is 15.1. The van der Waals surface area contributed by atoms with E-state index in [-0.39, 0.29) is 12.3 Å². The van der Waals surface area contributed by atoms with E-state index in [9.17, 15) is 4.79 Å². The SMILES string of the molecule is CCOC(=O)c1nnn(Cc2ccc(OC)cc2)c1Nc1cnc2cc(Cl)ccc2c1. The van der Waals surface area contributed by atoms with Gasteiger partial charge in [0.2, 0.25) is 5.69 Å². The quantitative estimate of drug-likeness (QED) is 0.427. The van der Waals surface area contributed by atoms with Gasteiger partial charge in [-0.3, -0.25) is 4.98 Å². The lowest BCUT2D eigenvalue weighted by atomic mass is 10.2. The van der Waals surface area contributed by atoms with E-state index in [4.69, 9.17) is 21.1 Å². The molecule has 0 fully saturated rings. The number of hydrogen-bond donors (Lipinski definition) is 1. The lowest BCUT2D eigenvalue weighted by Gasteiger charge is -2.11. The summed E-state index contributed by atoms with van der Waals surface area (Å²) in [6, 6.07) is 15.0. The molecule has 0 aliphatic rings. The summed E-state index contributed by atoms with van der Waals surface area (Å²) >= 11 is 6.04. The number of benzene rings is 2. The summed E-state index contributed by atoms with van der Waals surface area (Å²) in [7, 11) is 1.62. The van der Waals surface area contributed by atoms with Gasteiger partial charge in [-0.25, -0.2) is 9.48 Å². The smallest absolute Gasteiger partial charge is 0.362 e. The van der Waals surface area contributed by atoms with Gasteiger partial charge in [0, 0.05) is 10.4 Å². The van der Waals surface area contributed by atoms with Crippen LogP contribution in [0.1, 0.15) is 23.0 Å². The van der Waals surface area contributed by atoms with Gasteiger partial charge in [-0.05, 0) is 42.8 Å². The number of ether oxygens (including phenoxy) is 2. The fraction of sp³-hybridized carbons (Fsp3) is 0.182. The number of pyridine rings is 1. The molecular weight excluding hydrogens is 418 g/mol. The van der Waals surface area contributed by atoms with Crippen LogP contribution in [0.2, 0.25) is 5.02 Å². The van der Waals surface area contributed by atoms with Crippen LogP contribution in [-0.2, 0) is 11.3 Å². The maximum Gasteiger partial charge on any atom is 0.362 e. The average Bonchev–Trinajstić information content (AvgIpc) is 3.16. The number of fused-ring (bicyclic) bond motifs is 1. The number of carbonyl (C=O) groups excluding carboxylic acids is 1. The van der Waals surface area contributed by atoms with Crippen molar-refractivity contribution in [3.8, 4) is 5.75 Å². The summed E-state index contributed by atoms with van der Waals surface area (Å²) in [6.07, 6.45) is 1.66. The number of esters is 1. The molecule has 2 heterocycles. The van der Waals surface area contributed by atoms with Crippen LogP contribution in [0.3, 0.4) is 0 Å². The largest absolute Gasteiger partial charge is 0.497 e. The standard InChI is InChI=1S/C22H20ClN5O3/c1-3-31-22(29)20-21(25-17-10-15-6-7-16(23)11-19(15)24-12-17)28(27-26-20)13-14-4-8-18(30-2)9-5-14/h4-12,25H,3,13H2,1-2H3. The van der Waals surface area contributed by atoms with Gasteiger partial charge in [0.15, 0.2) is 5.82 Å². The van der Waals surface area contributed by atoms with E-state index in [0.717, 1.165) is 22.2 Å². The third-order valence-corrected chi connectivity index (χ3v) is 4.84. The first-order valence-electron chi connectivity index (χ1n) is 9.63. The van der Waals surface area contributed by atoms with Crippen molar-refractivity contribution in [3.63, 3.8) is 0 Å². The second kappa shape index (κ2) is 9.01. The first kappa shape index (κ1) is 20.6. The zero-order chi connectivity index (χ0) is 21.8. The highest BCUT2D eigenvalue weighted by Gasteiger charge is 2.21. The minimum atomic E-state index is -0.550. The van der Waals surface area contributed by atoms with Gasteiger partial charge in [-0.15, -0.1) is 5.10 Å². The van der Waals surface area contributed by atoms with E-state index in [1.807, 2.05) is 36.4 Å². The Bertz CT molecular complexity index is 1220. The highest BCUT2D eigenvalue weighted by Crippen LogP contribution is 2.25. The highest BCUT2D eigenvalue weighted by molar-refractivity contribution is 6.31. The predicted octanol–water partition coefficient (Wildman–Crippen LogP) is 4.46. The minimum Gasteiger partial charge on any atom is -0.497 e. The van der Waals surface area contributed by atoms with Crippen LogP contribution in [0, 0.1) is 0 Å². The molecule has 4 aromatic rings. The number of nitrogens with one attached hydrogen (secondary N) is 1. The highest BCUT2D eigenvalue weighted by atomic mass is 35.5. The average molecular weight is 438 g/mol. The summed E-state index contributed by atoms with van der Waals surface area (Å²) in [5, 5.41) is 13.0. The van der Waals surface area contributed by atoms with E-state index in [1.54, 1.807) is 37.0 Å². The zero-order valence-electron chi connectivity index (χ0n) is 17.0. The van der Waals surface area contributed by atoms with E-state index < -0.39 is 5.97 Å². The van der Waals surface area contributed by atoms with Crippen LogP contribution >= 0.6 is 11.6 Å². The van der Waals surface area contributed by atoms with Gasteiger partial charge in [-0.2, -0.15) is 0 Å². The molecule has 0 spiro atoms. The molecule has 0 aliphatic heterocycles. The molecule has 9 heteroatoms. The van der Waals surface area contributed by atoms with E-state index in [1.165, 1.54) is 0 Å². The van der Waals surface area contributed by atoms with Crippen molar-refractivity contribution in [2.24, 2.45) is 0 Å². The Labute approximate surface area is 183 Å². The third kappa shape index (κ3) is 4.59. The second-order valence-electron chi connectivity index (χ2n) is 6.70. The van der Waals surface area contributed by atoms with Gasteiger partial charge < -0.3 is 14.8 Å². The van der Waals surface area contributed by atoms with E-state index in [0.29, 0.717) is 23.1 Å². The van der Waals surface area contributed by atoms with Crippen LogP contribution in [0.4, 0.5) is 11.5 Å². The predicted molar refractivity (Wildman–Crippen MR) is 118 cm³/mol. The monoisotopic (exact) mass is 437 g/mol. The topological polar surface area (TPSA) is 91.2 Å². The minimum absolute atomic E-state index is 0.103. The molecule has 0 aliphatic carbocycles. The molecule has 0 saturated heterocycles. The molecule has 31 heavy (non-hydrogen) atoms. The Morgan fingerprint density at radius 2 is 1.97 bits per heavy atom. The molecule has 158 valence electrons. The number of methoxy groups -OCH3 is 1. The van der Waals surface area contributed by atoms with Crippen LogP contribution in [0.5, 0.6) is 5.75 Å². The Hall–Kier alpha value is -3.65. The summed E-state index contributed by atoms with van der Waals surface area (Å²) in [5.41, 5.74) is 2.52. The lowest BCUT2D eigenvalue weighted by molar-refractivity contribution is 0.0520. The van der Waals surface area contributed by atoms with E-state index >= 15 is 0 Å². The molecule has 0 bridgehead atoms. The van der Waals surface area contributed by atoms with Gasteiger partial charge >= 0.3 is 5.97 Å². The molecule has 0 radical (unpaired) electrons. The third-order valence-electron chi connectivity index (χ3n) is 4.60. The lowest BCUT2D eigenvalue weighted by Crippen LogP contribution is -2.11. The number of nitrogens with zero attached hydrogens (tertiary/aromatic N) is 4. The Morgan fingerprint density at radius 3 is 2.71 bits per heavy atom. The van der Waals surface area contributed by atoms with Crippen LogP contribution < -0.4 is 10.1 Å². The number of aromatic nitrogens is 4. The Balaban J connectivity index is 1.68. The second-order valence-corrected chi connectivity index (χ2v) is 7.14. The zero-order valence-corrected chi connectivity index (χ0v) is 17.8. The van der Waals surface area contributed by atoms with Crippen molar-refractivity contribution in [2.45, 2.75) is 13.5 Å². The molecular formula is C22H20ClN5O3. The van der Waals surface area contributed by atoms with Gasteiger partial charge in [0.1, 0.15) is 5.75 Å². The van der Waals surface area contributed by atoms with Crippen molar-refractivity contribution in [1.82, 2.24) is 20.0 Å². The maximum absolute atomic E-state index is 12.4. The number of anilines is 2. The molecule has 0 unspecified atom stereocenters. The fourth-order valence-corrected chi connectivity index (χ4v) is 3.25. The van der Waals surface area contributed by atoms with Crippen molar-refractivity contribution in [2.75, 3.05) is 19.0 Å². The normalized spacial score (nSPS) is 10.8. The number of rotatable bonds is 7. The Morgan fingerprint density at radius 1 is 1.16 bits per heavy atom. The number of hydrogen-bond acceptors (Lipinski definition) is 7. The summed E-state index contributed by atoms with van der Waals surface area (Å²) in [6.45, 7) is 2.38. The first-order valence-corrected chi connectivity index (χ1v) is 10.0. The van der Waals surface area contributed by atoms with Crippen LogP contribution in [-0.4, -0.2) is 39.7 Å². The van der Waals surface area contributed by atoms with E-state index in [2.05, 4.69) is 20.6 Å². The molecule has 2 aromatic carbocycles. The molecule has 1 N–H and O–H groups in total. The summed E-state index contributed by atoms with van der Waals surface area (Å²) in [5.74, 6) is 0.631. The number of halogens is 1. The van der Waals surface area contributed by atoms with Crippen molar-refractivity contribution in [1.29, 1.82) is 0 Å². The molecule has 8 nitrogen and oxygen atoms in total. The van der Waals surface area contributed by atoms with Crippen molar-refractivity contribution >= 4 is 40.0 Å². The number of carbonyl (C=O) groups is 1. The fourth-order valence-electron chi connectivity index (χ4n) is 3.09. The summed E-state index contributed by atoms with van der Waals surface area (Å²) in [4.78, 5) is 16.9. The van der Waals surface area contributed by atoms with Crippen molar-refractivity contribution < 1.29 is 14.3 Å². The molecule has 0 saturated carbocycles. The van der Waals surface area contributed by atoms with Crippen LogP contribution in [0.15, 0.2) is 54.7 Å². The Kier molecular flexibility index (Phi) is 5.99. The summed E-state index contributed by atoms with van der Waals surface area (Å²) < 4.78 is 12.0. The molecule has 2 aromatic heterocycles.